The van der Waals surface area contributed by atoms with Gasteiger partial charge in [0.2, 0.25) is 5.91 Å². The molecule has 1 aliphatic carbocycles. The number of benzene rings is 1. The minimum absolute atomic E-state index is 0.179. The first-order chi connectivity index (χ1) is 9.47. The monoisotopic (exact) mass is 279 g/mol. The topological polar surface area (TPSA) is 66.4 Å². The Morgan fingerprint density at radius 1 is 1.30 bits per heavy atom. The number of carboxylic acids is 1. The van der Waals surface area contributed by atoms with Gasteiger partial charge in [-0.1, -0.05) is 6.42 Å². The highest BCUT2D eigenvalue weighted by Crippen LogP contribution is 2.30. The molecule has 1 aromatic rings. The summed E-state index contributed by atoms with van der Waals surface area (Å²) in [5.74, 6) is -2.04. The summed E-state index contributed by atoms with van der Waals surface area (Å²) in [6.07, 6.45) is 2.46. The minimum Gasteiger partial charge on any atom is -0.481 e. The molecule has 0 aromatic heterocycles. The van der Waals surface area contributed by atoms with Crippen LogP contribution in [0.2, 0.25) is 0 Å². The quantitative estimate of drug-likeness (QED) is 0.894. The van der Waals surface area contributed by atoms with Crippen LogP contribution in [0.5, 0.6) is 0 Å². The van der Waals surface area contributed by atoms with Gasteiger partial charge in [0.1, 0.15) is 5.82 Å². The first kappa shape index (κ1) is 14.5. The maximum absolute atomic E-state index is 13.2. The van der Waals surface area contributed by atoms with Gasteiger partial charge in [-0.25, -0.2) is 4.39 Å². The highest BCUT2D eigenvalue weighted by Gasteiger charge is 2.31. The fourth-order valence-electron chi connectivity index (χ4n) is 2.62. The van der Waals surface area contributed by atoms with E-state index < -0.39 is 11.9 Å². The van der Waals surface area contributed by atoms with Crippen LogP contribution in [0.4, 0.5) is 10.1 Å². The molecular formula is C15H18FNO3. The Kier molecular flexibility index (Phi) is 4.37. The average molecular weight is 279 g/mol. The van der Waals surface area contributed by atoms with E-state index in [2.05, 4.69) is 5.32 Å². The van der Waals surface area contributed by atoms with Crippen molar-refractivity contribution in [3.63, 3.8) is 0 Å². The number of rotatable bonds is 3. The van der Waals surface area contributed by atoms with Crippen molar-refractivity contribution in [2.45, 2.75) is 32.6 Å². The van der Waals surface area contributed by atoms with Crippen molar-refractivity contribution in [3.05, 3.63) is 29.6 Å². The maximum atomic E-state index is 13.2. The lowest BCUT2D eigenvalue weighted by molar-refractivity contribution is -0.143. The van der Waals surface area contributed by atoms with Gasteiger partial charge in [0, 0.05) is 11.6 Å². The Balaban J connectivity index is 2.00. The zero-order valence-electron chi connectivity index (χ0n) is 11.4. The Labute approximate surface area is 117 Å². The molecule has 0 spiro atoms. The normalized spacial score (nSPS) is 22.3. The Morgan fingerprint density at radius 2 is 2.00 bits per heavy atom. The summed E-state index contributed by atoms with van der Waals surface area (Å²) in [5, 5.41) is 11.8. The van der Waals surface area contributed by atoms with E-state index in [0.717, 1.165) is 6.42 Å². The number of aliphatic carboxylic acids is 1. The molecule has 1 saturated carbocycles. The van der Waals surface area contributed by atoms with Gasteiger partial charge >= 0.3 is 5.97 Å². The maximum Gasteiger partial charge on any atom is 0.306 e. The highest BCUT2D eigenvalue weighted by molar-refractivity contribution is 5.93. The fourth-order valence-corrected chi connectivity index (χ4v) is 2.62. The summed E-state index contributed by atoms with van der Waals surface area (Å²) >= 11 is 0. The van der Waals surface area contributed by atoms with Crippen molar-refractivity contribution in [1.29, 1.82) is 0 Å². The molecule has 1 aromatic carbocycles. The molecule has 0 radical (unpaired) electrons. The molecule has 0 saturated heterocycles. The first-order valence-corrected chi connectivity index (χ1v) is 6.77. The van der Waals surface area contributed by atoms with Crippen molar-refractivity contribution in [2.75, 3.05) is 5.32 Å². The summed E-state index contributed by atoms with van der Waals surface area (Å²) in [5.41, 5.74) is 1.02. The third kappa shape index (κ3) is 3.35. The second kappa shape index (κ2) is 6.03. The van der Waals surface area contributed by atoms with Crippen molar-refractivity contribution in [1.82, 2.24) is 0 Å². The fraction of sp³-hybridized carbons (Fsp3) is 0.467. The molecule has 1 amide bonds. The van der Waals surface area contributed by atoms with Crippen LogP contribution in [-0.4, -0.2) is 17.0 Å². The molecule has 2 rings (SSSR count). The van der Waals surface area contributed by atoms with Crippen LogP contribution >= 0.6 is 0 Å². The molecule has 1 fully saturated rings. The molecule has 20 heavy (non-hydrogen) atoms. The van der Waals surface area contributed by atoms with Gasteiger partial charge in [0.05, 0.1) is 5.92 Å². The largest absolute Gasteiger partial charge is 0.481 e. The van der Waals surface area contributed by atoms with Gasteiger partial charge in [-0.15, -0.1) is 0 Å². The number of carboxylic acid groups (broad SMARTS) is 1. The molecule has 0 aliphatic heterocycles. The number of nitrogens with one attached hydrogen (secondary N) is 1. The summed E-state index contributed by atoms with van der Waals surface area (Å²) < 4.78 is 13.2. The number of hydrogen-bond donors (Lipinski definition) is 2. The summed E-state index contributed by atoms with van der Waals surface area (Å²) in [6, 6.07) is 4.40. The number of hydrogen-bond acceptors (Lipinski definition) is 2. The SMILES string of the molecule is Cc1cc(NC(=O)C2CCCC(C(=O)O)C2)ccc1F. The number of aryl methyl sites for hydroxylation is 1. The molecule has 2 unspecified atom stereocenters. The molecule has 2 atom stereocenters. The van der Waals surface area contributed by atoms with E-state index in [9.17, 15) is 14.0 Å². The van der Waals surface area contributed by atoms with Crippen molar-refractivity contribution >= 4 is 17.6 Å². The summed E-state index contributed by atoms with van der Waals surface area (Å²) in [7, 11) is 0. The number of carbonyl (C=O) groups is 2. The minimum atomic E-state index is -0.833. The van der Waals surface area contributed by atoms with E-state index in [4.69, 9.17) is 5.11 Å². The van der Waals surface area contributed by atoms with Crippen LogP contribution < -0.4 is 5.32 Å². The number of anilines is 1. The highest BCUT2D eigenvalue weighted by atomic mass is 19.1. The first-order valence-electron chi connectivity index (χ1n) is 6.77. The van der Waals surface area contributed by atoms with Crippen LogP contribution in [-0.2, 0) is 9.59 Å². The number of halogens is 1. The van der Waals surface area contributed by atoms with E-state index in [-0.39, 0.29) is 17.6 Å². The Morgan fingerprint density at radius 3 is 2.65 bits per heavy atom. The molecule has 4 nitrogen and oxygen atoms in total. The van der Waals surface area contributed by atoms with Crippen LogP contribution in [0, 0.1) is 24.6 Å². The van der Waals surface area contributed by atoms with E-state index in [1.807, 2.05) is 0 Å². The zero-order valence-corrected chi connectivity index (χ0v) is 11.4. The van der Waals surface area contributed by atoms with Crippen LogP contribution in [0.1, 0.15) is 31.2 Å². The average Bonchev–Trinajstić information content (AvgIpc) is 2.43. The van der Waals surface area contributed by atoms with Gasteiger partial charge < -0.3 is 10.4 Å². The standard InChI is InChI=1S/C15H18FNO3/c1-9-7-12(5-6-13(9)16)17-14(18)10-3-2-4-11(8-10)15(19)20/h5-7,10-11H,2-4,8H2,1H3,(H,17,18)(H,19,20). The van der Waals surface area contributed by atoms with Crippen LogP contribution in [0.25, 0.3) is 0 Å². The molecule has 0 heterocycles. The molecular weight excluding hydrogens is 261 g/mol. The van der Waals surface area contributed by atoms with Crippen LogP contribution in [0.3, 0.4) is 0 Å². The van der Waals surface area contributed by atoms with Gasteiger partial charge in [-0.2, -0.15) is 0 Å². The van der Waals surface area contributed by atoms with Gasteiger partial charge in [0.15, 0.2) is 0 Å². The second-order valence-electron chi connectivity index (χ2n) is 5.35. The smallest absolute Gasteiger partial charge is 0.306 e. The number of carbonyl (C=O) groups excluding carboxylic acids is 1. The molecule has 1 aliphatic rings. The Bertz CT molecular complexity index is 530. The van der Waals surface area contributed by atoms with E-state index in [1.54, 1.807) is 13.0 Å². The molecule has 5 heteroatoms. The van der Waals surface area contributed by atoms with Gasteiger partial charge in [-0.3, -0.25) is 9.59 Å². The van der Waals surface area contributed by atoms with Crippen molar-refractivity contribution in [3.8, 4) is 0 Å². The molecule has 108 valence electrons. The van der Waals surface area contributed by atoms with Gasteiger partial charge in [-0.05, 0) is 49.9 Å². The van der Waals surface area contributed by atoms with Crippen molar-refractivity contribution < 1.29 is 19.1 Å². The van der Waals surface area contributed by atoms with Crippen molar-refractivity contribution in [2.24, 2.45) is 11.8 Å². The molecule has 0 bridgehead atoms. The zero-order chi connectivity index (χ0) is 14.7. The predicted octanol–water partition coefficient (Wildman–Crippen LogP) is 2.96. The molecule has 2 N–H and O–H groups in total. The summed E-state index contributed by atoms with van der Waals surface area (Å²) in [6.45, 7) is 1.63. The third-order valence-electron chi connectivity index (χ3n) is 3.82. The van der Waals surface area contributed by atoms with Gasteiger partial charge in [0.25, 0.3) is 0 Å². The number of amides is 1. The Hall–Kier alpha value is -1.91. The predicted molar refractivity (Wildman–Crippen MR) is 72.9 cm³/mol. The lowest BCUT2D eigenvalue weighted by atomic mass is 9.81. The lowest BCUT2D eigenvalue weighted by Gasteiger charge is -2.25. The van der Waals surface area contributed by atoms with E-state index in [0.29, 0.717) is 30.5 Å². The van der Waals surface area contributed by atoms with E-state index in [1.165, 1.54) is 12.1 Å². The summed E-state index contributed by atoms with van der Waals surface area (Å²) in [4.78, 5) is 23.1. The van der Waals surface area contributed by atoms with Crippen LogP contribution in [0.15, 0.2) is 18.2 Å². The van der Waals surface area contributed by atoms with E-state index >= 15 is 0 Å². The second-order valence-corrected chi connectivity index (χ2v) is 5.35. The third-order valence-corrected chi connectivity index (χ3v) is 3.82. The lowest BCUT2D eigenvalue weighted by Crippen LogP contribution is -2.30.